The summed E-state index contributed by atoms with van der Waals surface area (Å²) in [4.78, 5) is 25.4. The first kappa shape index (κ1) is 17.1. The monoisotopic (exact) mass is 312 g/mol. The molecule has 1 aliphatic heterocycles. The first-order valence-electron chi connectivity index (χ1n) is 6.42. The van der Waals surface area contributed by atoms with Crippen LogP contribution in [0.5, 0.6) is 0 Å². The lowest BCUT2D eigenvalue weighted by atomic mass is 10.0. The first-order valence-corrected chi connectivity index (χ1v) is 7.41. The summed E-state index contributed by atoms with van der Waals surface area (Å²) < 4.78 is 36.4. The lowest BCUT2D eigenvalue weighted by Gasteiger charge is -2.29. The molecule has 0 radical (unpaired) electrons. The average molecular weight is 312 g/mol. The van der Waals surface area contributed by atoms with Crippen LogP contribution in [0.4, 0.5) is 13.2 Å². The zero-order valence-electron chi connectivity index (χ0n) is 11.7. The third-order valence-electron chi connectivity index (χ3n) is 3.14. The lowest BCUT2D eigenvalue weighted by Crippen LogP contribution is -2.49. The van der Waals surface area contributed by atoms with E-state index in [1.54, 1.807) is 20.8 Å². The molecule has 0 bridgehead atoms. The molecule has 2 atom stereocenters. The molecule has 1 aliphatic rings. The third kappa shape index (κ3) is 4.88. The van der Waals surface area contributed by atoms with E-state index in [1.165, 1.54) is 4.90 Å². The summed E-state index contributed by atoms with van der Waals surface area (Å²) in [5.41, 5.74) is -4.30. The largest absolute Gasteiger partial charge is 0.441 e. The average Bonchev–Trinajstić information content (AvgIpc) is 2.37. The van der Waals surface area contributed by atoms with Crippen LogP contribution >= 0.6 is 11.8 Å². The van der Waals surface area contributed by atoms with Gasteiger partial charge < -0.3 is 10.2 Å². The summed E-state index contributed by atoms with van der Waals surface area (Å²) in [6.45, 7) is 5.25. The van der Waals surface area contributed by atoms with Gasteiger partial charge in [0.2, 0.25) is 11.8 Å². The summed E-state index contributed by atoms with van der Waals surface area (Å²) in [6, 6.07) is -1.05. The topological polar surface area (TPSA) is 49.4 Å². The summed E-state index contributed by atoms with van der Waals surface area (Å²) in [5.74, 6) is -0.871. The van der Waals surface area contributed by atoms with Crippen molar-refractivity contribution >= 4 is 23.6 Å². The van der Waals surface area contributed by atoms with Gasteiger partial charge in [-0.1, -0.05) is 13.8 Å². The second-order valence-corrected chi connectivity index (χ2v) is 6.33. The predicted molar refractivity (Wildman–Crippen MR) is 71.1 cm³/mol. The quantitative estimate of drug-likeness (QED) is 0.864. The number of carbonyl (C=O) groups is 2. The van der Waals surface area contributed by atoms with Gasteiger partial charge in [-0.25, -0.2) is 0 Å². The fourth-order valence-corrected chi connectivity index (χ4v) is 2.63. The summed E-state index contributed by atoms with van der Waals surface area (Å²) >= 11 is -0.151. The molecular formula is C12H19F3N2O2S. The van der Waals surface area contributed by atoms with E-state index in [9.17, 15) is 22.8 Å². The zero-order chi connectivity index (χ0) is 15.5. The van der Waals surface area contributed by atoms with Gasteiger partial charge >= 0.3 is 5.51 Å². The van der Waals surface area contributed by atoms with Gasteiger partial charge in [-0.2, -0.15) is 13.2 Å². The van der Waals surface area contributed by atoms with Crippen molar-refractivity contribution in [3.63, 3.8) is 0 Å². The molecule has 1 fully saturated rings. The standard InChI is InChI=1S/C12H19F3N2O2S/c1-7(2)10-11(19)17(4-5-20-12(13,14)15)8(3)6-9(18)16-10/h7-8,10H,4-6H2,1-3H3,(H,16,18). The van der Waals surface area contributed by atoms with Crippen molar-refractivity contribution < 1.29 is 22.8 Å². The fraction of sp³-hybridized carbons (Fsp3) is 0.833. The molecule has 20 heavy (non-hydrogen) atoms. The van der Waals surface area contributed by atoms with E-state index in [4.69, 9.17) is 0 Å². The van der Waals surface area contributed by atoms with Gasteiger partial charge in [-0.15, -0.1) is 0 Å². The molecule has 0 aromatic rings. The summed E-state index contributed by atoms with van der Waals surface area (Å²) in [5, 5.41) is 2.64. The van der Waals surface area contributed by atoms with Gasteiger partial charge in [0.05, 0.1) is 0 Å². The fourth-order valence-electron chi connectivity index (χ4n) is 2.11. The SMILES string of the molecule is CC(C)C1NC(=O)CC(C)N(CCSC(F)(F)F)C1=O. The number of nitrogens with one attached hydrogen (secondary N) is 1. The highest BCUT2D eigenvalue weighted by Crippen LogP contribution is 2.30. The number of alkyl halides is 3. The van der Waals surface area contributed by atoms with Gasteiger partial charge in [0.1, 0.15) is 6.04 Å². The molecule has 2 unspecified atom stereocenters. The highest BCUT2D eigenvalue weighted by atomic mass is 32.2. The highest BCUT2D eigenvalue weighted by Gasteiger charge is 2.36. The molecule has 0 saturated carbocycles. The Morgan fingerprint density at radius 1 is 1.40 bits per heavy atom. The van der Waals surface area contributed by atoms with E-state index in [0.717, 1.165) is 0 Å². The maximum atomic E-state index is 12.3. The van der Waals surface area contributed by atoms with Gasteiger partial charge in [-0.3, -0.25) is 9.59 Å². The zero-order valence-corrected chi connectivity index (χ0v) is 12.5. The Kier molecular flexibility index (Phi) is 5.73. The first-order chi connectivity index (χ1) is 9.11. The maximum Gasteiger partial charge on any atom is 0.441 e. The van der Waals surface area contributed by atoms with Crippen molar-refractivity contribution in [3.05, 3.63) is 0 Å². The Labute approximate surface area is 120 Å². The number of carbonyl (C=O) groups excluding carboxylic acids is 2. The smallest absolute Gasteiger partial charge is 0.344 e. The molecule has 0 aliphatic carbocycles. The maximum absolute atomic E-state index is 12.3. The summed E-state index contributed by atoms with van der Waals surface area (Å²) in [6.07, 6.45) is 0.117. The molecule has 0 aromatic heterocycles. The van der Waals surface area contributed by atoms with Crippen LogP contribution in [-0.2, 0) is 9.59 Å². The van der Waals surface area contributed by atoms with Crippen LogP contribution in [-0.4, -0.2) is 46.6 Å². The molecule has 116 valence electrons. The van der Waals surface area contributed by atoms with Crippen LogP contribution in [0, 0.1) is 5.92 Å². The van der Waals surface area contributed by atoms with Crippen LogP contribution in [0.2, 0.25) is 0 Å². The molecule has 1 heterocycles. The number of hydrogen-bond donors (Lipinski definition) is 1. The molecule has 8 heteroatoms. The molecule has 0 spiro atoms. The molecule has 1 rings (SSSR count). The molecular weight excluding hydrogens is 293 g/mol. The molecule has 4 nitrogen and oxygen atoms in total. The van der Waals surface area contributed by atoms with Crippen molar-refractivity contribution in [1.29, 1.82) is 0 Å². The normalized spacial score (nSPS) is 24.9. The second-order valence-electron chi connectivity index (χ2n) is 5.17. The van der Waals surface area contributed by atoms with Crippen molar-refractivity contribution in [1.82, 2.24) is 10.2 Å². The molecule has 1 N–H and O–H groups in total. The van der Waals surface area contributed by atoms with Crippen molar-refractivity contribution in [2.45, 2.75) is 44.8 Å². The van der Waals surface area contributed by atoms with Crippen molar-refractivity contribution in [3.8, 4) is 0 Å². The molecule has 2 amide bonds. The Bertz CT molecular complexity index is 374. The Hall–Kier alpha value is -0.920. The number of amides is 2. The molecule has 0 aromatic carbocycles. The van der Waals surface area contributed by atoms with Crippen LogP contribution in [0.15, 0.2) is 0 Å². The number of halogens is 3. The lowest BCUT2D eigenvalue weighted by molar-refractivity contribution is -0.135. The van der Waals surface area contributed by atoms with Crippen molar-refractivity contribution in [2.75, 3.05) is 12.3 Å². The third-order valence-corrected chi connectivity index (χ3v) is 3.86. The van der Waals surface area contributed by atoms with Gasteiger partial charge in [0.25, 0.3) is 0 Å². The predicted octanol–water partition coefficient (Wildman–Crippen LogP) is 2.00. The van der Waals surface area contributed by atoms with E-state index in [0.29, 0.717) is 0 Å². The van der Waals surface area contributed by atoms with Gasteiger partial charge in [-0.05, 0) is 24.6 Å². The Morgan fingerprint density at radius 2 is 2.00 bits per heavy atom. The number of nitrogens with zero attached hydrogens (tertiary/aromatic N) is 1. The Balaban J connectivity index is 2.74. The van der Waals surface area contributed by atoms with E-state index >= 15 is 0 Å². The van der Waals surface area contributed by atoms with E-state index in [-0.39, 0.29) is 54.3 Å². The van der Waals surface area contributed by atoms with Crippen LogP contribution in [0.3, 0.4) is 0 Å². The number of rotatable bonds is 4. The van der Waals surface area contributed by atoms with Crippen molar-refractivity contribution in [2.24, 2.45) is 5.92 Å². The molecule has 1 saturated heterocycles. The number of thioether (sulfide) groups is 1. The van der Waals surface area contributed by atoms with E-state index in [1.807, 2.05) is 0 Å². The van der Waals surface area contributed by atoms with Gasteiger partial charge in [0.15, 0.2) is 0 Å². The second kappa shape index (κ2) is 6.69. The summed E-state index contributed by atoms with van der Waals surface area (Å²) in [7, 11) is 0. The Morgan fingerprint density at radius 3 is 2.50 bits per heavy atom. The minimum Gasteiger partial charge on any atom is -0.344 e. The van der Waals surface area contributed by atoms with Crippen LogP contribution in [0.1, 0.15) is 27.2 Å². The minimum atomic E-state index is -4.30. The minimum absolute atomic E-state index is 0.0116. The van der Waals surface area contributed by atoms with E-state index in [2.05, 4.69) is 5.32 Å². The number of hydrogen-bond acceptors (Lipinski definition) is 3. The van der Waals surface area contributed by atoms with Crippen LogP contribution in [0.25, 0.3) is 0 Å². The van der Waals surface area contributed by atoms with E-state index < -0.39 is 11.6 Å². The van der Waals surface area contributed by atoms with Crippen LogP contribution < -0.4 is 5.32 Å². The highest BCUT2D eigenvalue weighted by molar-refractivity contribution is 8.00. The van der Waals surface area contributed by atoms with Gasteiger partial charge in [0, 0.05) is 24.8 Å².